The summed E-state index contributed by atoms with van der Waals surface area (Å²) in [7, 11) is 1.98. The van der Waals surface area contributed by atoms with Gasteiger partial charge in [0.05, 0.1) is 16.8 Å². The molecule has 26 heavy (non-hydrogen) atoms. The third kappa shape index (κ3) is 3.32. The molecule has 0 aliphatic heterocycles. The van der Waals surface area contributed by atoms with Crippen molar-refractivity contribution in [3.05, 3.63) is 60.3 Å². The number of benzene rings is 2. The maximum Gasteiger partial charge on any atom is 0.230 e. The van der Waals surface area contributed by atoms with Crippen molar-refractivity contribution in [2.24, 2.45) is 7.05 Å². The summed E-state index contributed by atoms with van der Waals surface area (Å²) in [4.78, 5) is 20.0. The van der Waals surface area contributed by atoms with Gasteiger partial charge in [0.1, 0.15) is 0 Å². The number of carbonyl (C=O) groups excluding carboxylic acids is 1. The molecule has 2 aromatic carbocycles. The number of fused-ring (bicyclic) bond motifs is 2. The summed E-state index contributed by atoms with van der Waals surface area (Å²) < 4.78 is 2.03. The fraction of sp³-hybridized carbons (Fsp3) is 0.200. The number of nitrogens with zero attached hydrogens (tertiary/aromatic N) is 2. The Kier molecular flexibility index (Phi) is 4.67. The summed E-state index contributed by atoms with van der Waals surface area (Å²) >= 11 is 1.46. The first kappa shape index (κ1) is 16.7. The van der Waals surface area contributed by atoms with E-state index >= 15 is 0 Å². The van der Waals surface area contributed by atoms with Crippen LogP contribution in [-0.4, -0.2) is 32.7 Å². The van der Waals surface area contributed by atoms with Gasteiger partial charge >= 0.3 is 0 Å². The van der Waals surface area contributed by atoms with Gasteiger partial charge in [0, 0.05) is 30.7 Å². The lowest BCUT2D eigenvalue weighted by molar-refractivity contribution is -0.118. The molecule has 0 radical (unpaired) electrons. The topological polar surface area (TPSA) is 62.7 Å². The zero-order valence-corrected chi connectivity index (χ0v) is 15.3. The van der Waals surface area contributed by atoms with Crippen LogP contribution in [0.2, 0.25) is 0 Å². The van der Waals surface area contributed by atoms with Crippen molar-refractivity contribution >= 4 is 39.6 Å². The zero-order chi connectivity index (χ0) is 17.9. The number of aromatic nitrogens is 3. The number of aromatic amines is 1. The Balaban J connectivity index is 1.30. The maximum atomic E-state index is 12.2. The normalized spacial score (nSPS) is 11.3. The van der Waals surface area contributed by atoms with Crippen LogP contribution >= 0.6 is 11.8 Å². The van der Waals surface area contributed by atoms with Crippen LogP contribution in [0.15, 0.2) is 59.9 Å². The van der Waals surface area contributed by atoms with Crippen LogP contribution in [0.3, 0.4) is 0 Å². The molecule has 5 nitrogen and oxygen atoms in total. The van der Waals surface area contributed by atoms with Crippen molar-refractivity contribution in [1.29, 1.82) is 0 Å². The van der Waals surface area contributed by atoms with Gasteiger partial charge in [-0.05, 0) is 30.2 Å². The number of amides is 1. The second-order valence-corrected chi connectivity index (χ2v) is 7.13. The average Bonchev–Trinajstić information content (AvgIpc) is 3.22. The fourth-order valence-electron chi connectivity index (χ4n) is 3.11. The molecule has 0 atom stereocenters. The van der Waals surface area contributed by atoms with Crippen molar-refractivity contribution in [1.82, 2.24) is 19.9 Å². The summed E-state index contributed by atoms with van der Waals surface area (Å²) in [6.45, 7) is 0.629. The number of hydrogen-bond acceptors (Lipinski definition) is 3. The van der Waals surface area contributed by atoms with Gasteiger partial charge in [-0.1, -0.05) is 42.1 Å². The molecule has 2 heterocycles. The molecule has 0 saturated carbocycles. The van der Waals surface area contributed by atoms with Gasteiger partial charge in [0.15, 0.2) is 5.16 Å². The number of imidazole rings is 1. The minimum Gasteiger partial charge on any atom is -0.361 e. The van der Waals surface area contributed by atoms with Crippen LogP contribution in [0.5, 0.6) is 0 Å². The van der Waals surface area contributed by atoms with E-state index in [0.29, 0.717) is 12.3 Å². The quantitative estimate of drug-likeness (QED) is 0.515. The van der Waals surface area contributed by atoms with Crippen molar-refractivity contribution in [2.45, 2.75) is 11.6 Å². The molecule has 0 aliphatic carbocycles. The summed E-state index contributed by atoms with van der Waals surface area (Å²) in [6.07, 6.45) is 2.83. The van der Waals surface area contributed by atoms with Gasteiger partial charge in [-0.25, -0.2) is 4.98 Å². The van der Waals surface area contributed by atoms with E-state index in [0.717, 1.165) is 28.1 Å². The molecule has 0 fully saturated rings. The molecule has 2 N–H and O–H groups in total. The average molecular weight is 364 g/mol. The van der Waals surface area contributed by atoms with E-state index in [1.54, 1.807) is 0 Å². The highest BCUT2D eigenvalue weighted by Gasteiger charge is 2.10. The van der Waals surface area contributed by atoms with E-state index in [2.05, 4.69) is 27.4 Å². The van der Waals surface area contributed by atoms with Crippen LogP contribution in [0, 0.1) is 0 Å². The molecule has 132 valence electrons. The maximum absolute atomic E-state index is 12.2. The highest BCUT2D eigenvalue weighted by atomic mass is 32.2. The first-order valence-corrected chi connectivity index (χ1v) is 9.57. The van der Waals surface area contributed by atoms with Gasteiger partial charge in [-0.3, -0.25) is 4.79 Å². The van der Waals surface area contributed by atoms with Crippen LogP contribution in [0.1, 0.15) is 5.56 Å². The Morgan fingerprint density at radius 3 is 2.88 bits per heavy atom. The van der Waals surface area contributed by atoms with Gasteiger partial charge in [0.25, 0.3) is 0 Å². The van der Waals surface area contributed by atoms with E-state index in [4.69, 9.17) is 0 Å². The lowest BCUT2D eigenvalue weighted by atomic mass is 10.1. The number of aryl methyl sites for hydroxylation is 1. The number of H-pyrrole nitrogens is 1. The number of carbonyl (C=O) groups is 1. The molecule has 1 amide bonds. The summed E-state index contributed by atoms with van der Waals surface area (Å²) in [6, 6.07) is 16.2. The van der Waals surface area contributed by atoms with Crippen LogP contribution in [0.4, 0.5) is 0 Å². The first-order valence-electron chi connectivity index (χ1n) is 8.58. The van der Waals surface area contributed by atoms with Crippen molar-refractivity contribution in [3.63, 3.8) is 0 Å². The van der Waals surface area contributed by atoms with Crippen molar-refractivity contribution < 1.29 is 4.79 Å². The van der Waals surface area contributed by atoms with Gasteiger partial charge in [-0.2, -0.15) is 0 Å². The Hall–Kier alpha value is -2.73. The Bertz CT molecular complexity index is 1070. The van der Waals surface area contributed by atoms with Crippen LogP contribution < -0.4 is 5.32 Å². The number of rotatable bonds is 6. The molecule has 2 aromatic heterocycles. The highest BCUT2D eigenvalue weighted by Crippen LogP contribution is 2.22. The molecular formula is C20H20N4OS. The lowest BCUT2D eigenvalue weighted by Gasteiger charge is -2.05. The van der Waals surface area contributed by atoms with E-state index in [9.17, 15) is 4.79 Å². The smallest absolute Gasteiger partial charge is 0.230 e. The fourth-order valence-corrected chi connectivity index (χ4v) is 3.93. The third-order valence-electron chi connectivity index (χ3n) is 4.47. The van der Waals surface area contributed by atoms with Crippen molar-refractivity contribution in [3.8, 4) is 0 Å². The van der Waals surface area contributed by atoms with E-state index in [1.165, 1.54) is 22.7 Å². The van der Waals surface area contributed by atoms with Gasteiger partial charge in [-0.15, -0.1) is 0 Å². The van der Waals surface area contributed by atoms with Crippen molar-refractivity contribution in [2.75, 3.05) is 12.3 Å². The Morgan fingerprint density at radius 2 is 2.00 bits per heavy atom. The highest BCUT2D eigenvalue weighted by molar-refractivity contribution is 7.99. The number of thioether (sulfide) groups is 1. The molecule has 0 saturated heterocycles. The summed E-state index contributed by atoms with van der Waals surface area (Å²) in [5.41, 5.74) is 4.39. The molecule has 0 spiro atoms. The minimum absolute atomic E-state index is 0.0295. The van der Waals surface area contributed by atoms with E-state index < -0.39 is 0 Å². The minimum atomic E-state index is 0.0295. The largest absolute Gasteiger partial charge is 0.361 e. The Labute approximate surface area is 155 Å². The third-order valence-corrected chi connectivity index (χ3v) is 5.50. The standard InChI is InChI=1S/C20H20N4OS/c1-24-18-9-5-4-8-17(18)23-20(24)26-13-19(25)21-11-10-14-12-22-16-7-3-2-6-15(14)16/h2-9,12,22H,10-11,13H2,1H3,(H,21,25). The molecule has 0 bridgehead atoms. The predicted octanol–water partition coefficient (Wildman–Crippen LogP) is 3.51. The lowest BCUT2D eigenvalue weighted by Crippen LogP contribution is -2.27. The molecule has 4 aromatic rings. The van der Waals surface area contributed by atoms with Gasteiger partial charge in [0.2, 0.25) is 5.91 Å². The second-order valence-electron chi connectivity index (χ2n) is 6.19. The first-order chi connectivity index (χ1) is 12.7. The monoisotopic (exact) mass is 364 g/mol. The molecular weight excluding hydrogens is 344 g/mol. The molecule has 0 unspecified atom stereocenters. The summed E-state index contributed by atoms with van der Waals surface area (Å²) in [5.74, 6) is 0.396. The SMILES string of the molecule is Cn1c(SCC(=O)NCCc2c[nH]c3ccccc23)nc2ccccc21. The van der Waals surface area contributed by atoms with Gasteiger partial charge < -0.3 is 14.9 Å². The number of hydrogen-bond donors (Lipinski definition) is 2. The van der Waals surface area contributed by atoms with Crippen LogP contribution in [-0.2, 0) is 18.3 Å². The van der Waals surface area contributed by atoms with E-state index in [1.807, 2.05) is 54.2 Å². The Morgan fingerprint density at radius 1 is 1.19 bits per heavy atom. The number of nitrogens with one attached hydrogen (secondary N) is 2. The molecule has 4 rings (SSSR count). The summed E-state index contributed by atoms with van der Waals surface area (Å²) in [5, 5.41) is 5.08. The van der Waals surface area contributed by atoms with E-state index in [-0.39, 0.29) is 5.91 Å². The second kappa shape index (κ2) is 7.25. The predicted molar refractivity (Wildman–Crippen MR) is 106 cm³/mol. The van der Waals surface area contributed by atoms with Crippen LogP contribution in [0.25, 0.3) is 21.9 Å². The number of para-hydroxylation sites is 3. The molecule has 6 heteroatoms. The zero-order valence-electron chi connectivity index (χ0n) is 14.5. The molecule has 0 aliphatic rings.